The summed E-state index contributed by atoms with van der Waals surface area (Å²) in [5.41, 5.74) is 0.405. The van der Waals surface area contributed by atoms with Crippen molar-refractivity contribution in [2.24, 2.45) is 0 Å². The average Bonchev–Trinajstić information content (AvgIpc) is 2.56. The monoisotopic (exact) mass is 285 g/mol. The van der Waals surface area contributed by atoms with E-state index in [1.54, 1.807) is 24.3 Å². The van der Waals surface area contributed by atoms with Crippen LogP contribution >= 0.6 is 23.2 Å². The molecular formula is C12H9Cl2NO3. The number of imide groups is 1. The molecule has 4 nitrogen and oxygen atoms in total. The molecule has 0 aliphatic carbocycles. The van der Waals surface area contributed by atoms with Crippen LogP contribution in [-0.4, -0.2) is 18.4 Å². The Balaban J connectivity index is 2.29. The van der Waals surface area contributed by atoms with E-state index in [9.17, 15) is 9.59 Å². The first-order chi connectivity index (χ1) is 8.56. The van der Waals surface area contributed by atoms with Gasteiger partial charge in [0.25, 0.3) is 11.8 Å². The highest BCUT2D eigenvalue weighted by molar-refractivity contribution is 6.62. The van der Waals surface area contributed by atoms with Gasteiger partial charge < -0.3 is 4.74 Å². The van der Waals surface area contributed by atoms with Crippen LogP contribution in [0.1, 0.15) is 6.92 Å². The molecule has 0 fully saturated rings. The van der Waals surface area contributed by atoms with Crippen molar-refractivity contribution in [3.8, 4) is 5.75 Å². The molecule has 0 bridgehead atoms. The number of anilines is 1. The Morgan fingerprint density at radius 2 is 1.56 bits per heavy atom. The van der Waals surface area contributed by atoms with Gasteiger partial charge in [-0.05, 0) is 31.2 Å². The lowest BCUT2D eigenvalue weighted by molar-refractivity contribution is -0.120. The summed E-state index contributed by atoms with van der Waals surface area (Å²) in [6, 6.07) is 6.53. The Kier molecular flexibility index (Phi) is 3.59. The molecule has 18 heavy (non-hydrogen) atoms. The number of halogens is 2. The Labute approximate surface area is 114 Å². The predicted octanol–water partition coefficient (Wildman–Crippen LogP) is 2.65. The summed E-state index contributed by atoms with van der Waals surface area (Å²) in [6.07, 6.45) is 0. The quantitative estimate of drug-likeness (QED) is 0.802. The van der Waals surface area contributed by atoms with Gasteiger partial charge in [0, 0.05) is 0 Å². The van der Waals surface area contributed by atoms with Gasteiger partial charge in [0.2, 0.25) is 0 Å². The van der Waals surface area contributed by atoms with Gasteiger partial charge >= 0.3 is 0 Å². The van der Waals surface area contributed by atoms with Crippen LogP contribution in [0.2, 0.25) is 0 Å². The van der Waals surface area contributed by atoms with Crippen molar-refractivity contribution in [3.63, 3.8) is 0 Å². The lowest BCUT2D eigenvalue weighted by Gasteiger charge is -2.14. The molecule has 0 unspecified atom stereocenters. The summed E-state index contributed by atoms with van der Waals surface area (Å²) < 4.78 is 5.27. The number of rotatable bonds is 3. The molecule has 1 aliphatic rings. The summed E-state index contributed by atoms with van der Waals surface area (Å²) in [4.78, 5) is 24.4. The molecule has 1 aliphatic heterocycles. The standard InChI is InChI=1S/C12H9Cl2NO3/c1-2-18-8-5-3-7(4-6-8)15-11(16)9(13)10(14)12(15)17/h3-6H,2H2,1H3. The highest BCUT2D eigenvalue weighted by Gasteiger charge is 2.37. The largest absolute Gasteiger partial charge is 0.494 e. The van der Waals surface area contributed by atoms with Crippen LogP contribution in [-0.2, 0) is 9.59 Å². The van der Waals surface area contributed by atoms with E-state index in [1.807, 2.05) is 6.92 Å². The van der Waals surface area contributed by atoms with Gasteiger partial charge in [0.05, 0.1) is 12.3 Å². The highest BCUT2D eigenvalue weighted by atomic mass is 35.5. The number of hydrogen-bond donors (Lipinski definition) is 0. The zero-order valence-corrected chi connectivity index (χ0v) is 11.0. The molecule has 0 saturated heterocycles. The second-order valence-electron chi connectivity index (χ2n) is 3.50. The molecule has 0 saturated carbocycles. The summed E-state index contributed by atoms with van der Waals surface area (Å²) in [7, 11) is 0. The van der Waals surface area contributed by atoms with E-state index in [-0.39, 0.29) is 10.1 Å². The normalized spacial score (nSPS) is 15.6. The van der Waals surface area contributed by atoms with Gasteiger partial charge in [-0.1, -0.05) is 23.2 Å². The molecule has 94 valence electrons. The fraction of sp³-hybridized carbons (Fsp3) is 0.167. The number of nitrogens with zero attached hydrogens (tertiary/aromatic N) is 1. The molecule has 0 aromatic heterocycles. The van der Waals surface area contributed by atoms with Crippen molar-refractivity contribution in [3.05, 3.63) is 34.3 Å². The lowest BCUT2D eigenvalue weighted by atomic mass is 10.3. The van der Waals surface area contributed by atoms with Crippen LogP contribution in [0.3, 0.4) is 0 Å². The van der Waals surface area contributed by atoms with Crippen LogP contribution in [0.4, 0.5) is 5.69 Å². The average molecular weight is 286 g/mol. The molecule has 0 spiro atoms. The smallest absolute Gasteiger partial charge is 0.278 e. The molecule has 1 heterocycles. The Morgan fingerprint density at radius 3 is 2.00 bits per heavy atom. The molecule has 2 rings (SSSR count). The van der Waals surface area contributed by atoms with Gasteiger partial charge in [-0.15, -0.1) is 0 Å². The van der Waals surface area contributed by atoms with E-state index in [0.29, 0.717) is 18.0 Å². The molecule has 2 amide bonds. The Morgan fingerprint density at radius 1 is 1.06 bits per heavy atom. The van der Waals surface area contributed by atoms with E-state index < -0.39 is 11.8 Å². The zero-order chi connectivity index (χ0) is 13.3. The number of amides is 2. The van der Waals surface area contributed by atoms with E-state index in [2.05, 4.69) is 0 Å². The van der Waals surface area contributed by atoms with Crippen LogP contribution in [0, 0.1) is 0 Å². The van der Waals surface area contributed by atoms with Crippen LogP contribution < -0.4 is 9.64 Å². The van der Waals surface area contributed by atoms with Crippen molar-refractivity contribution < 1.29 is 14.3 Å². The number of carbonyl (C=O) groups excluding carboxylic acids is 2. The maximum Gasteiger partial charge on any atom is 0.278 e. The molecule has 1 aromatic rings. The predicted molar refractivity (Wildman–Crippen MR) is 68.8 cm³/mol. The number of benzene rings is 1. The minimum Gasteiger partial charge on any atom is -0.494 e. The van der Waals surface area contributed by atoms with Crippen molar-refractivity contribution in [1.82, 2.24) is 0 Å². The molecule has 0 atom stereocenters. The minimum absolute atomic E-state index is 0.254. The highest BCUT2D eigenvalue weighted by Crippen LogP contribution is 2.31. The van der Waals surface area contributed by atoms with Gasteiger partial charge in [-0.2, -0.15) is 0 Å². The number of carbonyl (C=O) groups is 2. The lowest BCUT2D eigenvalue weighted by Crippen LogP contribution is -2.30. The van der Waals surface area contributed by atoms with Crippen LogP contribution in [0.15, 0.2) is 34.3 Å². The topological polar surface area (TPSA) is 46.6 Å². The van der Waals surface area contributed by atoms with Crippen molar-refractivity contribution in [1.29, 1.82) is 0 Å². The first-order valence-corrected chi connectivity index (χ1v) is 5.98. The summed E-state index contributed by atoms with van der Waals surface area (Å²) in [6.45, 7) is 2.41. The van der Waals surface area contributed by atoms with E-state index in [0.717, 1.165) is 4.90 Å². The third kappa shape index (κ3) is 2.09. The van der Waals surface area contributed by atoms with Crippen molar-refractivity contribution >= 4 is 40.7 Å². The van der Waals surface area contributed by atoms with Gasteiger partial charge in [-0.3, -0.25) is 9.59 Å². The second kappa shape index (κ2) is 5.00. The summed E-state index contributed by atoms with van der Waals surface area (Å²) in [5, 5.41) is -0.508. The molecular weight excluding hydrogens is 277 g/mol. The molecule has 0 N–H and O–H groups in total. The fourth-order valence-electron chi connectivity index (χ4n) is 1.57. The third-order valence-corrected chi connectivity index (χ3v) is 3.18. The molecule has 6 heteroatoms. The minimum atomic E-state index is -0.615. The van der Waals surface area contributed by atoms with Crippen molar-refractivity contribution in [2.45, 2.75) is 6.92 Å². The van der Waals surface area contributed by atoms with Crippen LogP contribution in [0.25, 0.3) is 0 Å². The van der Waals surface area contributed by atoms with Gasteiger partial charge in [-0.25, -0.2) is 4.90 Å². The number of ether oxygens (including phenoxy) is 1. The Bertz CT molecular complexity index is 513. The maximum atomic E-state index is 11.7. The van der Waals surface area contributed by atoms with E-state index in [4.69, 9.17) is 27.9 Å². The molecule has 1 aromatic carbocycles. The second-order valence-corrected chi connectivity index (χ2v) is 4.26. The Hall–Kier alpha value is -1.52. The van der Waals surface area contributed by atoms with E-state index >= 15 is 0 Å². The SMILES string of the molecule is CCOc1ccc(N2C(=O)C(Cl)=C(Cl)C2=O)cc1. The van der Waals surface area contributed by atoms with Crippen molar-refractivity contribution in [2.75, 3.05) is 11.5 Å². The third-order valence-electron chi connectivity index (χ3n) is 2.38. The number of hydrogen-bond acceptors (Lipinski definition) is 3. The first-order valence-electron chi connectivity index (χ1n) is 5.23. The van der Waals surface area contributed by atoms with E-state index in [1.165, 1.54) is 0 Å². The first kappa shape index (κ1) is 12.9. The summed E-state index contributed by atoms with van der Waals surface area (Å²) >= 11 is 11.3. The van der Waals surface area contributed by atoms with Crippen LogP contribution in [0.5, 0.6) is 5.75 Å². The maximum absolute atomic E-state index is 11.7. The van der Waals surface area contributed by atoms with Gasteiger partial charge in [0.1, 0.15) is 15.8 Å². The molecule has 0 radical (unpaired) electrons. The zero-order valence-electron chi connectivity index (χ0n) is 9.44. The fourth-order valence-corrected chi connectivity index (χ4v) is 1.90. The summed E-state index contributed by atoms with van der Waals surface area (Å²) in [5.74, 6) is -0.572. The van der Waals surface area contributed by atoms with Gasteiger partial charge in [0.15, 0.2) is 0 Å².